The highest BCUT2D eigenvalue weighted by Gasteiger charge is 2.52. The predicted octanol–water partition coefficient (Wildman–Crippen LogP) is 3.09. The fourth-order valence-corrected chi connectivity index (χ4v) is 2.96. The van der Waals surface area contributed by atoms with Gasteiger partial charge in [-0.05, 0) is 39.2 Å². The molecule has 6 heteroatoms. The highest BCUT2D eigenvalue weighted by Crippen LogP contribution is 2.35. The van der Waals surface area contributed by atoms with Crippen molar-refractivity contribution in [1.82, 2.24) is 4.90 Å². The van der Waals surface area contributed by atoms with Crippen LogP contribution in [0, 0.1) is 0 Å². The summed E-state index contributed by atoms with van der Waals surface area (Å²) in [4.78, 5) is 37.8. The maximum atomic E-state index is 12.7. The molecule has 0 aromatic heterocycles. The Kier molecular flexibility index (Phi) is 5.82. The van der Waals surface area contributed by atoms with Gasteiger partial charge in [0.25, 0.3) is 0 Å². The summed E-state index contributed by atoms with van der Waals surface area (Å²) in [5.41, 5.74) is -1.12. The van der Waals surface area contributed by atoms with Crippen molar-refractivity contribution in [3.05, 3.63) is 35.9 Å². The van der Waals surface area contributed by atoms with E-state index in [1.165, 1.54) is 4.90 Å². The third-order valence-electron chi connectivity index (χ3n) is 4.11. The molecule has 0 radical (unpaired) electrons. The van der Waals surface area contributed by atoms with E-state index in [9.17, 15) is 14.4 Å². The molecule has 25 heavy (non-hydrogen) atoms. The number of amides is 1. The number of ether oxygens (including phenoxy) is 2. The van der Waals surface area contributed by atoms with Crippen molar-refractivity contribution in [1.29, 1.82) is 0 Å². The fourth-order valence-electron chi connectivity index (χ4n) is 2.96. The van der Waals surface area contributed by atoms with Gasteiger partial charge in [0.15, 0.2) is 5.54 Å². The van der Waals surface area contributed by atoms with Gasteiger partial charge in [0.1, 0.15) is 18.5 Å². The molecule has 6 nitrogen and oxygen atoms in total. The van der Waals surface area contributed by atoms with Crippen LogP contribution in [0.5, 0.6) is 0 Å². The number of benzene rings is 1. The minimum absolute atomic E-state index is 0.0949. The average molecular weight is 347 g/mol. The zero-order valence-corrected chi connectivity index (χ0v) is 15.0. The molecule has 1 aromatic carbocycles. The second-order valence-corrected chi connectivity index (χ2v) is 7.20. The normalized spacial score (nSPS) is 20.2. The quantitative estimate of drug-likeness (QED) is 0.604. The highest BCUT2D eigenvalue weighted by atomic mass is 16.6. The van der Waals surface area contributed by atoms with Crippen LogP contribution in [0.3, 0.4) is 0 Å². The van der Waals surface area contributed by atoms with E-state index in [-0.39, 0.29) is 13.0 Å². The van der Waals surface area contributed by atoms with Gasteiger partial charge >= 0.3 is 12.1 Å². The first kappa shape index (κ1) is 19.0. The molecule has 0 saturated carbocycles. The second-order valence-electron chi connectivity index (χ2n) is 7.20. The van der Waals surface area contributed by atoms with Gasteiger partial charge in [-0.3, -0.25) is 4.90 Å². The Bertz CT molecular complexity index is 622. The van der Waals surface area contributed by atoms with Gasteiger partial charge in [-0.2, -0.15) is 0 Å². The largest absolute Gasteiger partial charge is 0.458 e. The number of esters is 1. The first-order valence-electron chi connectivity index (χ1n) is 8.44. The number of nitrogens with zero attached hydrogens (tertiary/aromatic N) is 1. The molecule has 136 valence electrons. The van der Waals surface area contributed by atoms with Crippen LogP contribution < -0.4 is 0 Å². The summed E-state index contributed by atoms with van der Waals surface area (Å²) in [6.45, 7) is 5.74. The Hall–Kier alpha value is -2.37. The maximum absolute atomic E-state index is 12.7. The maximum Gasteiger partial charge on any atom is 0.411 e. The zero-order chi connectivity index (χ0) is 18.5. The molecule has 0 unspecified atom stereocenters. The molecule has 1 amide bonds. The molecular formula is C19H25NO5. The lowest BCUT2D eigenvalue weighted by molar-refractivity contribution is -0.168. The van der Waals surface area contributed by atoms with Crippen molar-refractivity contribution in [3.8, 4) is 0 Å². The lowest BCUT2D eigenvalue weighted by Gasteiger charge is -2.36. The van der Waals surface area contributed by atoms with Crippen LogP contribution in [0.4, 0.5) is 4.79 Å². The van der Waals surface area contributed by atoms with Crippen LogP contribution in [0.1, 0.15) is 45.6 Å². The van der Waals surface area contributed by atoms with Crippen LogP contribution >= 0.6 is 0 Å². The molecule has 0 spiro atoms. The Morgan fingerprint density at radius 3 is 2.52 bits per heavy atom. The van der Waals surface area contributed by atoms with E-state index in [2.05, 4.69) is 0 Å². The number of aldehydes is 1. The van der Waals surface area contributed by atoms with E-state index >= 15 is 0 Å². The van der Waals surface area contributed by atoms with Crippen LogP contribution in [0.2, 0.25) is 0 Å². The van der Waals surface area contributed by atoms with Crippen molar-refractivity contribution in [2.75, 3.05) is 6.54 Å². The minimum atomic E-state index is -1.27. The van der Waals surface area contributed by atoms with Crippen molar-refractivity contribution in [2.45, 2.75) is 57.8 Å². The summed E-state index contributed by atoms with van der Waals surface area (Å²) in [5, 5.41) is 0. The van der Waals surface area contributed by atoms with Gasteiger partial charge in [0.05, 0.1) is 0 Å². The Labute approximate surface area is 148 Å². The number of rotatable bonds is 5. The third-order valence-corrected chi connectivity index (χ3v) is 4.11. The van der Waals surface area contributed by atoms with Gasteiger partial charge < -0.3 is 14.3 Å². The molecule has 1 aliphatic heterocycles. The summed E-state index contributed by atoms with van der Waals surface area (Å²) in [5.74, 6) is -0.554. The Morgan fingerprint density at radius 2 is 1.92 bits per heavy atom. The SMILES string of the molecule is CC(C)(C)OC(=O)[C@]1(CC=O)CCCN1C(=O)OCc1ccccc1. The first-order valence-corrected chi connectivity index (χ1v) is 8.44. The van der Waals surface area contributed by atoms with E-state index in [4.69, 9.17) is 9.47 Å². The van der Waals surface area contributed by atoms with Gasteiger partial charge in [-0.25, -0.2) is 9.59 Å². The predicted molar refractivity (Wildman–Crippen MR) is 91.8 cm³/mol. The lowest BCUT2D eigenvalue weighted by Crippen LogP contribution is -2.55. The average Bonchev–Trinajstić information content (AvgIpc) is 2.97. The fraction of sp³-hybridized carbons (Fsp3) is 0.526. The molecule has 1 aliphatic rings. The summed E-state index contributed by atoms with van der Waals surface area (Å²) in [6.07, 6.45) is 0.970. The van der Waals surface area contributed by atoms with Crippen molar-refractivity contribution in [2.24, 2.45) is 0 Å². The summed E-state index contributed by atoms with van der Waals surface area (Å²) < 4.78 is 10.8. The molecule has 2 rings (SSSR count). The number of hydrogen-bond acceptors (Lipinski definition) is 5. The molecular weight excluding hydrogens is 322 g/mol. The van der Waals surface area contributed by atoms with E-state index < -0.39 is 23.2 Å². The van der Waals surface area contributed by atoms with Crippen molar-refractivity contribution < 1.29 is 23.9 Å². The zero-order valence-electron chi connectivity index (χ0n) is 15.0. The first-order chi connectivity index (χ1) is 11.8. The molecule has 0 aliphatic carbocycles. The van der Waals surface area contributed by atoms with Crippen molar-refractivity contribution >= 4 is 18.3 Å². The van der Waals surface area contributed by atoms with Crippen LogP contribution in [0.15, 0.2) is 30.3 Å². The monoisotopic (exact) mass is 347 g/mol. The molecule has 1 saturated heterocycles. The number of carbonyl (C=O) groups is 3. The topological polar surface area (TPSA) is 72.9 Å². The van der Waals surface area contributed by atoms with Gasteiger partial charge in [-0.15, -0.1) is 0 Å². The van der Waals surface area contributed by atoms with Crippen LogP contribution in [-0.4, -0.2) is 40.9 Å². The van der Waals surface area contributed by atoms with E-state index in [1.807, 2.05) is 30.3 Å². The Morgan fingerprint density at radius 1 is 1.24 bits per heavy atom. The van der Waals surface area contributed by atoms with Gasteiger partial charge in [0, 0.05) is 13.0 Å². The molecule has 0 bridgehead atoms. The van der Waals surface area contributed by atoms with Crippen LogP contribution in [-0.2, 0) is 25.7 Å². The molecule has 1 fully saturated rings. The van der Waals surface area contributed by atoms with Gasteiger partial charge in [0.2, 0.25) is 0 Å². The van der Waals surface area contributed by atoms with Gasteiger partial charge in [-0.1, -0.05) is 30.3 Å². The van der Waals surface area contributed by atoms with Crippen molar-refractivity contribution in [3.63, 3.8) is 0 Å². The van der Waals surface area contributed by atoms with E-state index in [1.54, 1.807) is 20.8 Å². The number of likely N-dealkylation sites (tertiary alicyclic amines) is 1. The molecule has 1 aromatic rings. The third kappa shape index (κ3) is 4.59. The number of hydrogen-bond donors (Lipinski definition) is 0. The Balaban J connectivity index is 2.14. The molecule has 1 atom stereocenters. The summed E-state index contributed by atoms with van der Waals surface area (Å²) in [7, 11) is 0. The van der Waals surface area contributed by atoms with Crippen LogP contribution in [0.25, 0.3) is 0 Å². The standard InChI is InChI=1S/C19H25NO5/c1-18(2,3)25-16(22)19(11-13-21)10-7-12-20(19)17(23)24-14-15-8-5-4-6-9-15/h4-6,8-9,13H,7,10-12,14H2,1-3H3/t19-/m1/s1. The molecule has 1 heterocycles. The number of carbonyl (C=O) groups excluding carboxylic acids is 3. The highest BCUT2D eigenvalue weighted by molar-refractivity contribution is 5.89. The molecule has 0 N–H and O–H groups in total. The lowest BCUT2D eigenvalue weighted by atomic mass is 9.92. The van der Waals surface area contributed by atoms with E-state index in [0.29, 0.717) is 25.7 Å². The van der Waals surface area contributed by atoms with E-state index in [0.717, 1.165) is 5.56 Å². The summed E-state index contributed by atoms with van der Waals surface area (Å²) in [6, 6.07) is 9.30. The second kappa shape index (κ2) is 7.68. The summed E-state index contributed by atoms with van der Waals surface area (Å²) >= 11 is 0. The minimum Gasteiger partial charge on any atom is -0.458 e. The smallest absolute Gasteiger partial charge is 0.411 e.